The van der Waals surface area contributed by atoms with E-state index in [4.69, 9.17) is 4.74 Å². The molecule has 0 saturated carbocycles. The molecule has 1 aromatic heterocycles. The molecule has 8 nitrogen and oxygen atoms in total. The highest BCUT2D eigenvalue weighted by Gasteiger charge is 2.26. The molecule has 168 valence electrons. The van der Waals surface area contributed by atoms with Gasteiger partial charge in [0, 0.05) is 37.6 Å². The summed E-state index contributed by atoms with van der Waals surface area (Å²) < 4.78 is 7.51. The molecule has 1 aliphatic rings. The molecule has 1 aliphatic heterocycles. The first-order chi connectivity index (χ1) is 15.4. The molecule has 0 spiro atoms. The molecule has 2 aromatic carbocycles. The minimum absolute atomic E-state index is 0.00633. The van der Waals surface area contributed by atoms with Crippen LogP contribution in [0.4, 0.5) is 4.79 Å². The molecule has 2 atom stereocenters. The second kappa shape index (κ2) is 9.40. The molecule has 0 bridgehead atoms. The number of carbonyl (C=O) groups is 2. The molecule has 2 unspecified atom stereocenters. The normalized spacial score (nSPS) is 18.5. The molecule has 8 heteroatoms. The Balaban J connectivity index is 1.28. The minimum atomic E-state index is -0.267. The van der Waals surface area contributed by atoms with E-state index < -0.39 is 0 Å². The van der Waals surface area contributed by atoms with E-state index in [1.807, 2.05) is 79.0 Å². The number of hydrogen-bond donors (Lipinski definition) is 2. The Labute approximate surface area is 187 Å². The molecule has 1 fully saturated rings. The van der Waals surface area contributed by atoms with Crippen LogP contribution in [0.2, 0.25) is 0 Å². The highest BCUT2D eigenvalue weighted by atomic mass is 16.5. The lowest BCUT2D eigenvalue weighted by molar-refractivity contribution is -0.0586. The standard InChI is InChI=1S/C24H29N5O3/c1-16-14-29(15-17(2)32-16)23(30)19-10-8-18(9-11-19)12-25-24(31)26-13-21-20-6-4-5-7-22(20)28(3)27-21/h4-11,16-17H,12-15H2,1-3H3,(H2,25,26,31). The van der Waals surface area contributed by atoms with Crippen LogP contribution in [0, 0.1) is 0 Å². The molecule has 2 N–H and O–H groups in total. The van der Waals surface area contributed by atoms with Gasteiger partial charge in [-0.15, -0.1) is 0 Å². The summed E-state index contributed by atoms with van der Waals surface area (Å²) >= 11 is 0. The topological polar surface area (TPSA) is 88.5 Å². The van der Waals surface area contributed by atoms with Gasteiger partial charge in [0.2, 0.25) is 0 Å². The van der Waals surface area contributed by atoms with E-state index in [-0.39, 0.29) is 24.1 Å². The molecular formula is C24H29N5O3. The maximum Gasteiger partial charge on any atom is 0.315 e. The number of aromatic nitrogens is 2. The lowest BCUT2D eigenvalue weighted by Crippen LogP contribution is -2.48. The van der Waals surface area contributed by atoms with Crippen LogP contribution in [-0.2, 0) is 24.9 Å². The van der Waals surface area contributed by atoms with E-state index in [9.17, 15) is 9.59 Å². The Morgan fingerprint density at radius 2 is 1.66 bits per heavy atom. The summed E-state index contributed by atoms with van der Waals surface area (Å²) in [5, 5.41) is 11.2. The molecule has 3 aromatic rings. The Morgan fingerprint density at radius 3 is 2.38 bits per heavy atom. The van der Waals surface area contributed by atoms with Gasteiger partial charge >= 0.3 is 6.03 Å². The Bertz CT molecular complexity index is 1100. The number of fused-ring (bicyclic) bond motifs is 1. The van der Waals surface area contributed by atoms with Gasteiger partial charge < -0.3 is 20.3 Å². The van der Waals surface area contributed by atoms with E-state index in [0.29, 0.717) is 31.7 Å². The summed E-state index contributed by atoms with van der Waals surface area (Å²) in [6.07, 6.45) is 0.0718. The zero-order chi connectivity index (χ0) is 22.7. The van der Waals surface area contributed by atoms with Gasteiger partial charge in [0.25, 0.3) is 5.91 Å². The van der Waals surface area contributed by atoms with Crippen molar-refractivity contribution in [2.24, 2.45) is 7.05 Å². The number of ether oxygens (including phenoxy) is 1. The van der Waals surface area contributed by atoms with Crippen LogP contribution < -0.4 is 10.6 Å². The zero-order valence-corrected chi connectivity index (χ0v) is 18.7. The van der Waals surface area contributed by atoms with Crippen LogP contribution in [0.3, 0.4) is 0 Å². The van der Waals surface area contributed by atoms with Gasteiger partial charge in [0.15, 0.2) is 0 Å². The van der Waals surface area contributed by atoms with Crippen molar-refractivity contribution in [3.63, 3.8) is 0 Å². The molecule has 0 radical (unpaired) electrons. The molecule has 3 amide bonds. The lowest BCUT2D eigenvalue weighted by atomic mass is 10.1. The number of urea groups is 1. The van der Waals surface area contributed by atoms with Crippen LogP contribution in [-0.4, -0.2) is 51.9 Å². The predicted molar refractivity (Wildman–Crippen MR) is 122 cm³/mol. The van der Waals surface area contributed by atoms with Gasteiger partial charge in [-0.1, -0.05) is 30.3 Å². The van der Waals surface area contributed by atoms with Crippen molar-refractivity contribution < 1.29 is 14.3 Å². The van der Waals surface area contributed by atoms with Gasteiger partial charge in [-0.05, 0) is 37.6 Å². The zero-order valence-electron chi connectivity index (χ0n) is 18.7. The van der Waals surface area contributed by atoms with Gasteiger partial charge in [-0.3, -0.25) is 9.48 Å². The fourth-order valence-corrected chi connectivity index (χ4v) is 4.12. The number of benzene rings is 2. The predicted octanol–water partition coefficient (Wildman–Crippen LogP) is 2.82. The Morgan fingerprint density at radius 1 is 1.00 bits per heavy atom. The van der Waals surface area contributed by atoms with Crippen molar-refractivity contribution >= 4 is 22.8 Å². The van der Waals surface area contributed by atoms with Crippen molar-refractivity contribution in [3.05, 3.63) is 65.4 Å². The Hall–Kier alpha value is -3.39. The smallest absolute Gasteiger partial charge is 0.315 e. The third-order valence-corrected chi connectivity index (χ3v) is 5.61. The number of para-hydroxylation sites is 1. The monoisotopic (exact) mass is 435 g/mol. The average Bonchev–Trinajstić information content (AvgIpc) is 3.11. The first kappa shape index (κ1) is 21.8. The third kappa shape index (κ3) is 4.91. The van der Waals surface area contributed by atoms with Gasteiger partial charge in [-0.25, -0.2) is 4.79 Å². The maximum atomic E-state index is 12.8. The second-order valence-corrected chi connectivity index (χ2v) is 8.29. The Kier molecular flexibility index (Phi) is 6.41. The fraction of sp³-hybridized carbons (Fsp3) is 0.375. The number of morpholine rings is 1. The SMILES string of the molecule is CC1CN(C(=O)c2ccc(CNC(=O)NCc3nn(C)c4ccccc34)cc2)CC(C)O1. The minimum Gasteiger partial charge on any atom is -0.372 e. The van der Waals surface area contributed by atoms with Crippen molar-refractivity contribution in [2.45, 2.75) is 39.1 Å². The molecule has 0 aliphatic carbocycles. The third-order valence-electron chi connectivity index (χ3n) is 5.61. The molecule has 1 saturated heterocycles. The highest BCUT2D eigenvalue weighted by Crippen LogP contribution is 2.17. The van der Waals surface area contributed by atoms with Crippen molar-refractivity contribution in [1.29, 1.82) is 0 Å². The van der Waals surface area contributed by atoms with E-state index in [1.165, 1.54) is 0 Å². The van der Waals surface area contributed by atoms with E-state index >= 15 is 0 Å². The van der Waals surface area contributed by atoms with Crippen molar-refractivity contribution in [3.8, 4) is 0 Å². The summed E-state index contributed by atoms with van der Waals surface area (Å²) in [6.45, 7) is 5.86. The second-order valence-electron chi connectivity index (χ2n) is 8.29. The first-order valence-corrected chi connectivity index (χ1v) is 10.9. The number of carbonyl (C=O) groups excluding carboxylic acids is 2. The summed E-state index contributed by atoms with van der Waals surface area (Å²) in [6, 6.07) is 15.0. The maximum absolute atomic E-state index is 12.8. The highest BCUT2D eigenvalue weighted by molar-refractivity contribution is 5.94. The number of amides is 3. The van der Waals surface area contributed by atoms with Crippen LogP contribution in [0.1, 0.15) is 35.5 Å². The molecule has 2 heterocycles. The quantitative estimate of drug-likeness (QED) is 0.645. The number of nitrogens with zero attached hydrogens (tertiary/aromatic N) is 3. The number of nitrogens with one attached hydrogen (secondary N) is 2. The molecular weight excluding hydrogens is 406 g/mol. The van der Waals surface area contributed by atoms with E-state index in [2.05, 4.69) is 15.7 Å². The first-order valence-electron chi connectivity index (χ1n) is 10.9. The number of rotatable bonds is 5. The van der Waals surface area contributed by atoms with E-state index in [1.54, 1.807) is 0 Å². The summed E-state index contributed by atoms with van der Waals surface area (Å²) in [5.41, 5.74) is 3.42. The van der Waals surface area contributed by atoms with Gasteiger partial charge in [0.1, 0.15) is 0 Å². The van der Waals surface area contributed by atoms with Gasteiger partial charge in [-0.2, -0.15) is 5.10 Å². The largest absolute Gasteiger partial charge is 0.372 e. The molecule has 4 rings (SSSR count). The van der Waals surface area contributed by atoms with Gasteiger partial charge in [0.05, 0.1) is 30.0 Å². The number of hydrogen-bond acceptors (Lipinski definition) is 4. The lowest BCUT2D eigenvalue weighted by Gasteiger charge is -2.35. The fourth-order valence-electron chi connectivity index (χ4n) is 4.12. The van der Waals surface area contributed by atoms with Crippen molar-refractivity contribution in [1.82, 2.24) is 25.3 Å². The average molecular weight is 436 g/mol. The molecule has 32 heavy (non-hydrogen) atoms. The van der Waals surface area contributed by atoms with Crippen LogP contribution >= 0.6 is 0 Å². The van der Waals surface area contributed by atoms with Crippen LogP contribution in [0.15, 0.2) is 48.5 Å². The summed E-state index contributed by atoms with van der Waals surface area (Å²) in [7, 11) is 1.89. The van der Waals surface area contributed by atoms with E-state index in [0.717, 1.165) is 22.2 Å². The summed E-state index contributed by atoms with van der Waals surface area (Å²) in [4.78, 5) is 26.8. The number of aryl methyl sites for hydroxylation is 1. The van der Waals surface area contributed by atoms with Crippen LogP contribution in [0.25, 0.3) is 10.9 Å². The summed E-state index contributed by atoms with van der Waals surface area (Å²) in [5.74, 6) is 0.00633. The van der Waals surface area contributed by atoms with Crippen molar-refractivity contribution in [2.75, 3.05) is 13.1 Å². The van der Waals surface area contributed by atoms with Crippen LogP contribution in [0.5, 0.6) is 0 Å².